The first kappa shape index (κ1) is 23.4. The Labute approximate surface area is 210 Å². The van der Waals surface area contributed by atoms with Crippen LogP contribution in [0.4, 0.5) is 0 Å². The summed E-state index contributed by atoms with van der Waals surface area (Å²) < 4.78 is 5.67. The average molecular weight is 481 g/mol. The first-order valence-corrected chi connectivity index (χ1v) is 13.0. The number of Topliss-reactive ketones (excluding diaryl/α,β-unsaturated/α-hetero) is 1. The van der Waals surface area contributed by atoms with Gasteiger partial charge in [-0.15, -0.1) is 0 Å². The molecule has 1 fully saturated rings. The van der Waals surface area contributed by atoms with Crippen LogP contribution in [0.15, 0.2) is 95.1 Å². The second kappa shape index (κ2) is 9.71. The Morgan fingerprint density at radius 3 is 2.51 bits per heavy atom. The maximum absolute atomic E-state index is 14.0. The Hall–Kier alpha value is -3.37. The Bertz CT molecular complexity index is 1410. The molecule has 0 saturated heterocycles. The van der Waals surface area contributed by atoms with Crippen LogP contribution in [0.1, 0.15) is 37.3 Å². The maximum atomic E-state index is 14.0. The van der Waals surface area contributed by atoms with E-state index in [1.807, 2.05) is 74.5 Å². The number of methoxy groups -OCH3 is 1. The summed E-state index contributed by atoms with van der Waals surface area (Å²) in [7, 11) is 1.66. The lowest BCUT2D eigenvalue weighted by atomic mass is 9.72. The summed E-state index contributed by atoms with van der Waals surface area (Å²) >= 11 is 1.32. The topological polar surface area (TPSA) is 43.4 Å². The molecular formula is C31H28O3S. The summed E-state index contributed by atoms with van der Waals surface area (Å²) in [4.78, 5) is 27.2. The Morgan fingerprint density at radius 1 is 1.03 bits per heavy atom. The SMILES string of the molecule is CCSC(=O)C1=C(C)C=C2C/C(=C\c3c(OC)ccc4ccccc34)C(=O)C2C1c1ccccc1. The van der Waals surface area contributed by atoms with Crippen molar-refractivity contribution in [3.8, 4) is 5.75 Å². The molecule has 0 spiro atoms. The molecule has 2 aliphatic carbocycles. The molecule has 0 aliphatic heterocycles. The van der Waals surface area contributed by atoms with E-state index in [0.29, 0.717) is 12.2 Å². The average Bonchev–Trinajstić information content (AvgIpc) is 3.18. The standard InChI is InChI=1S/C31H28O3S/c1-4-35-31(33)27-19(2)16-22-17-23(30(32)29(22)28(27)21-11-6-5-7-12-21)18-25-24-13-9-8-10-20(24)14-15-26(25)34-3/h5-16,18,28-29H,4,17H2,1-3H3/b23-18+. The molecule has 2 unspecified atom stereocenters. The molecule has 3 nitrogen and oxygen atoms in total. The van der Waals surface area contributed by atoms with Gasteiger partial charge in [0.15, 0.2) is 5.78 Å². The number of hydrogen-bond donors (Lipinski definition) is 0. The summed E-state index contributed by atoms with van der Waals surface area (Å²) in [5.74, 6) is 0.926. The summed E-state index contributed by atoms with van der Waals surface area (Å²) in [6.45, 7) is 3.99. The third-order valence-electron chi connectivity index (χ3n) is 6.99. The Balaban J connectivity index is 1.64. The summed E-state index contributed by atoms with van der Waals surface area (Å²) in [6, 6.07) is 22.1. The fourth-order valence-corrected chi connectivity index (χ4v) is 6.18. The van der Waals surface area contributed by atoms with Gasteiger partial charge in [-0.05, 0) is 53.1 Å². The van der Waals surface area contributed by atoms with Gasteiger partial charge in [-0.1, -0.05) is 91.0 Å². The lowest BCUT2D eigenvalue weighted by Crippen LogP contribution is -2.27. The van der Waals surface area contributed by atoms with Crippen molar-refractivity contribution in [2.24, 2.45) is 5.92 Å². The van der Waals surface area contributed by atoms with Gasteiger partial charge in [-0.25, -0.2) is 0 Å². The molecule has 1 saturated carbocycles. The van der Waals surface area contributed by atoms with E-state index in [0.717, 1.165) is 49.9 Å². The van der Waals surface area contributed by atoms with Gasteiger partial charge in [0.2, 0.25) is 5.12 Å². The van der Waals surface area contributed by atoms with Crippen molar-refractivity contribution in [3.05, 3.63) is 106 Å². The maximum Gasteiger partial charge on any atom is 0.216 e. The van der Waals surface area contributed by atoms with E-state index < -0.39 is 0 Å². The van der Waals surface area contributed by atoms with Gasteiger partial charge in [-0.3, -0.25) is 9.59 Å². The minimum Gasteiger partial charge on any atom is -0.496 e. The number of ether oxygens (including phenoxy) is 1. The van der Waals surface area contributed by atoms with Crippen LogP contribution in [0.5, 0.6) is 5.75 Å². The highest BCUT2D eigenvalue weighted by atomic mass is 32.2. The Morgan fingerprint density at radius 2 is 1.77 bits per heavy atom. The number of hydrogen-bond acceptors (Lipinski definition) is 4. The van der Waals surface area contributed by atoms with Gasteiger partial charge in [-0.2, -0.15) is 0 Å². The monoisotopic (exact) mass is 480 g/mol. The summed E-state index contributed by atoms with van der Waals surface area (Å²) in [5.41, 5.74) is 5.51. The van der Waals surface area contributed by atoms with Crippen LogP contribution >= 0.6 is 11.8 Å². The van der Waals surface area contributed by atoms with Gasteiger partial charge < -0.3 is 4.74 Å². The zero-order valence-corrected chi connectivity index (χ0v) is 21.0. The van der Waals surface area contributed by atoms with Crippen LogP contribution in [0.2, 0.25) is 0 Å². The minimum atomic E-state index is -0.357. The van der Waals surface area contributed by atoms with E-state index in [9.17, 15) is 9.59 Å². The molecular weight excluding hydrogens is 452 g/mol. The second-order valence-electron chi connectivity index (χ2n) is 9.02. The van der Waals surface area contributed by atoms with Gasteiger partial charge in [0.05, 0.1) is 13.0 Å². The highest BCUT2D eigenvalue weighted by Crippen LogP contribution is 2.50. The normalized spacial score (nSPS) is 20.8. The first-order valence-electron chi connectivity index (χ1n) is 12.0. The molecule has 3 aromatic rings. The van der Waals surface area contributed by atoms with Crippen LogP contribution in [-0.2, 0) is 9.59 Å². The number of ketones is 1. The molecule has 2 atom stereocenters. The number of benzene rings is 3. The summed E-state index contributed by atoms with van der Waals surface area (Å²) in [5, 5.41) is 2.22. The lowest BCUT2D eigenvalue weighted by Gasteiger charge is -2.30. The van der Waals surface area contributed by atoms with E-state index >= 15 is 0 Å². The molecule has 0 aromatic heterocycles. The number of rotatable bonds is 5. The zero-order chi connectivity index (χ0) is 24.5. The van der Waals surface area contributed by atoms with Crippen LogP contribution in [0.3, 0.4) is 0 Å². The molecule has 3 aromatic carbocycles. The molecule has 5 rings (SSSR count). The third kappa shape index (κ3) is 4.17. The summed E-state index contributed by atoms with van der Waals surface area (Å²) in [6.07, 6.45) is 4.66. The van der Waals surface area contributed by atoms with Gasteiger partial charge in [0.25, 0.3) is 0 Å². The van der Waals surface area contributed by atoms with Crippen molar-refractivity contribution < 1.29 is 14.3 Å². The minimum absolute atomic E-state index is 0.0649. The third-order valence-corrected chi connectivity index (χ3v) is 7.76. The predicted octanol–water partition coefficient (Wildman–Crippen LogP) is 7.14. The largest absolute Gasteiger partial charge is 0.496 e. The van der Waals surface area contributed by atoms with Crippen LogP contribution in [0.25, 0.3) is 16.8 Å². The molecule has 0 heterocycles. The number of carbonyl (C=O) groups is 2. The van der Waals surface area contributed by atoms with Gasteiger partial charge in [0.1, 0.15) is 5.75 Å². The van der Waals surface area contributed by atoms with E-state index in [1.54, 1.807) is 7.11 Å². The molecule has 0 radical (unpaired) electrons. The molecule has 176 valence electrons. The number of allylic oxidation sites excluding steroid dienone is 4. The number of carbonyl (C=O) groups excluding carboxylic acids is 2. The van der Waals surface area contributed by atoms with Crippen LogP contribution < -0.4 is 4.74 Å². The van der Waals surface area contributed by atoms with E-state index in [4.69, 9.17) is 4.74 Å². The van der Waals surface area contributed by atoms with Crippen molar-refractivity contribution in [2.75, 3.05) is 12.9 Å². The van der Waals surface area contributed by atoms with Crippen molar-refractivity contribution in [2.45, 2.75) is 26.2 Å². The van der Waals surface area contributed by atoms with Crippen LogP contribution in [0, 0.1) is 5.92 Å². The molecule has 2 aliphatic rings. The fourth-order valence-electron chi connectivity index (χ4n) is 5.47. The smallest absolute Gasteiger partial charge is 0.216 e. The zero-order valence-electron chi connectivity index (χ0n) is 20.2. The molecule has 4 heteroatoms. The lowest BCUT2D eigenvalue weighted by molar-refractivity contribution is -0.117. The number of thioether (sulfide) groups is 1. The van der Waals surface area contributed by atoms with E-state index in [-0.39, 0.29) is 22.7 Å². The van der Waals surface area contributed by atoms with Crippen molar-refractivity contribution in [3.63, 3.8) is 0 Å². The highest BCUT2D eigenvalue weighted by Gasteiger charge is 2.45. The quantitative estimate of drug-likeness (QED) is 0.364. The van der Waals surface area contributed by atoms with Crippen molar-refractivity contribution >= 4 is 39.5 Å². The van der Waals surface area contributed by atoms with E-state index in [1.165, 1.54) is 11.8 Å². The van der Waals surface area contributed by atoms with E-state index in [2.05, 4.69) is 18.2 Å². The highest BCUT2D eigenvalue weighted by molar-refractivity contribution is 8.14. The molecule has 0 amide bonds. The van der Waals surface area contributed by atoms with Crippen LogP contribution in [-0.4, -0.2) is 23.8 Å². The van der Waals surface area contributed by atoms with Gasteiger partial charge >= 0.3 is 0 Å². The van der Waals surface area contributed by atoms with Gasteiger partial charge in [0, 0.05) is 22.6 Å². The number of fused-ring (bicyclic) bond motifs is 2. The molecule has 0 N–H and O–H groups in total. The molecule has 35 heavy (non-hydrogen) atoms. The fraction of sp³-hybridized carbons (Fsp3) is 0.226. The second-order valence-corrected chi connectivity index (χ2v) is 10.3. The van der Waals surface area contributed by atoms with Crippen molar-refractivity contribution in [1.29, 1.82) is 0 Å². The van der Waals surface area contributed by atoms with Crippen molar-refractivity contribution in [1.82, 2.24) is 0 Å². The first-order chi connectivity index (χ1) is 17.0. The Kier molecular flexibility index (Phi) is 6.48. The predicted molar refractivity (Wildman–Crippen MR) is 145 cm³/mol. The molecule has 0 bridgehead atoms.